The Morgan fingerprint density at radius 2 is 1.84 bits per heavy atom. The van der Waals surface area contributed by atoms with E-state index in [1.54, 1.807) is 13.1 Å². The molecule has 0 radical (unpaired) electrons. The SMILES string of the molecule is CNc1nc(NCC(=O)NC(C)(C)C)c(Cl)cc1Cl. The summed E-state index contributed by atoms with van der Waals surface area (Å²) in [5.41, 5.74) is -0.272. The van der Waals surface area contributed by atoms with Crippen LogP contribution in [0.4, 0.5) is 11.6 Å². The minimum atomic E-state index is -0.272. The summed E-state index contributed by atoms with van der Waals surface area (Å²) in [5, 5.41) is 9.36. The molecule has 0 aliphatic heterocycles. The number of pyridine rings is 1. The van der Waals surface area contributed by atoms with Crippen LogP contribution in [0.1, 0.15) is 20.8 Å². The first-order chi connectivity index (χ1) is 8.73. The van der Waals surface area contributed by atoms with Gasteiger partial charge in [-0.3, -0.25) is 4.79 Å². The highest BCUT2D eigenvalue weighted by Crippen LogP contribution is 2.28. The van der Waals surface area contributed by atoms with Gasteiger partial charge in [-0.2, -0.15) is 0 Å². The second kappa shape index (κ2) is 6.30. The molecule has 0 unspecified atom stereocenters. The Kier molecular flexibility index (Phi) is 5.26. The molecule has 0 atom stereocenters. The molecule has 1 amide bonds. The molecule has 0 aliphatic rings. The van der Waals surface area contributed by atoms with Crippen LogP contribution < -0.4 is 16.0 Å². The van der Waals surface area contributed by atoms with Crippen molar-refractivity contribution in [1.82, 2.24) is 10.3 Å². The van der Waals surface area contributed by atoms with Crippen LogP contribution in [0.25, 0.3) is 0 Å². The molecule has 0 saturated heterocycles. The van der Waals surface area contributed by atoms with Crippen molar-refractivity contribution in [3.63, 3.8) is 0 Å². The average Bonchev–Trinajstić information content (AvgIpc) is 2.25. The van der Waals surface area contributed by atoms with Crippen molar-refractivity contribution in [1.29, 1.82) is 0 Å². The quantitative estimate of drug-likeness (QED) is 0.800. The van der Waals surface area contributed by atoms with E-state index < -0.39 is 0 Å². The van der Waals surface area contributed by atoms with E-state index in [1.807, 2.05) is 20.8 Å². The van der Waals surface area contributed by atoms with Gasteiger partial charge >= 0.3 is 0 Å². The molecule has 7 heteroatoms. The summed E-state index contributed by atoms with van der Waals surface area (Å²) < 4.78 is 0. The molecule has 0 bridgehead atoms. The van der Waals surface area contributed by atoms with E-state index in [9.17, 15) is 4.79 Å². The summed E-state index contributed by atoms with van der Waals surface area (Å²) in [6, 6.07) is 1.58. The van der Waals surface area contributed by atoms with Crippen molar-refractivity contribution >= 4 is 40.7 Å². The number of anilines is 2. The average molecular weight is 305 g/mol. The predicted molar refractivity (Wildman–Crippen MR) is 80.2 cm³/mol. The van der Waals surface area contributed by atoms with E-state index in [4.69, 9.17) is 23.2 Å². The number of aromatic nitrogens is 1. The number of nitrogens with one attached hydrogen (secondary N) is 3. The van der Waals surface area contributed by atoms with E-state index >= 15 is 0 Å². The predicted octanol–water partition coefficient (Wildman–Crippen LogP) is 2.76. The fourth-order valence-electron chi connectivity index (χ4n) is 1.39. The van der Waals surface area contributed by atoms with Gasteiger partial charge < -0.3 is 16.0 Å². The summed E-state index contributed by atoms with van der Waals surface area (Å²) in [7, 11) is 1.71. The van der Waals surface area contributed by atoms with Crippen molar-refractivity contribution in [2.75, 3.05) is 24.2 Å². The van der Waals surface area contributed by atoms with E-state index in [2.05, 4.69) is 20.9 Å². The van der Waals surface area contributed by atoms with Crippen LogP contribution in [-0.2, 0) is 4.79 Å². The molecule has 0 spiro atoms. The largest absolute Gasteiger partial charge is 0.372 e. The number of hydrogen-bond acceptors (Lipinski definition) is 4. The van der Waals surface area contributed by atoms with Gasteiger partial charge in [-0.15, -0.1) is 0 Å². The minimum Gasteiger partial charge on any atom is -0.372 e. The van der Waals surface area contributed by atoms with Crippen LogP contribution in [0.3, 0.4) is 0 Å². The van der Waals surface area contributed by atoms with E-state index in [-0.39, 0.29) is 18.0 Å². The summed E-state index contributed by atoms with van der Waals surface area (Å²) in [6.45, 7) is 5.83. The highest BCUT2D eigenvalue weighted by molar-refractivity contribution is 6.37. The summed E-state index contributed by atoms with van der Waals surface area (Å²) in [4.78, 5) is 15.9. The second-order valence-corrected chi connectivity index (χ2v) is 5.87. The van der Waals surface area contributed by atoms with E-state index in [0.29, 0.717) is 21.7 Å². The van der Waals surface area contributed by atoms with Crippen molar-refractivity contribution in [3.8, 4) is 0 Å². The first-order valence-electron chi connectivity index (χ1n) is 5.81. The molecule has 5 nitrogen and oxygen atoms in total. The number of amides is 1. The van der Waals surface area contributed by atoms with Crippen LogP contribution >= 0.6 is 23.2 Å². The Balaban J connectivity index is 2.70. The first kappa shape index (κ1) is 15.9. The highest BCUT2D eigenvalue weighted by atomic mass is 35.5. The maximum atomic E-state index is 11.7. The van der Waals surface area contributed by atoms with Gasteiger partial charge in [0.25, 0.3) is 0 Å². The molecule has 1 aromatic heterocycles. The number of nitrogens with zero attached hydrogens (tertiary/aromatic N) is 1. The number of carbonyl (C=O) groups is 1. The minimum absolute atomic E-state index is 0.0920. The zero-order valence-electron chi connectivity index (χ0n) is 11.4. The summed E-state index contributed by atoms with van der Waals surface area (Å²) in [5.74, 6) is 0.788. The first-order valence-corrected chi connectivity index (χ1v) is 6.57. The lowest BCUT2D eigenvalue weighted by Crippen LogP contribution is -2.43. The molecule has 106 valence electrons. The van der Waals surface area contributed by atoms with Crippen molar-refractivity contribution in [2.45, 2.75) is 26.3 Å². The fraction of sp³-hybridized carbons (Fsp3) is 0.500. The topological polar surface area (TPSA) is 66.0 Å². The van der Waals surface area contributed by atoms with Gasteiger partial charge in [-0.1, -0.05) is 23.2 Å². The zero-order chi connectivity index (χ0) is 14.6. The third kappa shape index (κ3) is 5.12. The van der Waals surface area contributed by atoms with Crippen molar-refractivity contribution in [2.24, 2.45) is 0 Å². The lowest BCUT2D eigenvalue weighted by atomic mass is 10.1. The molecule has 1 aromatic rings. The third-order valence-corrected chi connectivity index (χ3v) is 2.67. The van der Waals surface area contributed by atoms with E-state index in [0.717, 1.165) is 0 Å². The smallest absolute Gasteiger partial charge is 0.239 e. The van der Waals surface area contributed by atoms with Gasteiger partial charge in [0, 0.05) is 12.6 Å². The van der Waals surface area contributed by atoms with Gasteiger partial charge in [0.2, 0.25) is 5.91 Å². The van der Waals surface area contributed by atoms with Crippen LogP contribution in [0.2, 0.25) is 10.0 Å². The summed E-state index contributed by atoms with van der Waals surface area (Å²) in [6.07, 6.45) is 0. The molecule has 0 aromatic carbocycles. The molecule has 1 heterocycles. The van der Waals surface area contributed by atoms with Gasteiger partial charge in [-0.05, 0) is 26.8 Å². The molecule has 0 fully saturated rings. The molecule has 0 aliphatic carbocycles. The van der Waals surface area contributed by atoms with Crippen LogP contribution in [0, 0.1) is 0 Å². The molecule has 1 rings (SSSR count). The number of rotatable bonds is 4. The number of halogens is 2. The molecule has 0 saturated carbocycles. The Morgan fingerprint density at radius 3 is 2.37 bits per heavy atom. The van der Waals surface area contributed by atoms with Crippen LogP contribution in [0.15, 0.2) is 6.07 Å². The Hall–Kier alpha value is -1.20. The Labute approximate surface area is 123 Å². The second-order valence-electron chi connectivity index (χ2n) is 5.05. The van der Waals surface area contributed by atoms with Crippen LogP contribution in [0.5, 0.6) is 0 Å². The van der Waals surface area contributed by atoms with E-state index in [1.165, 1.54) is 0 Å². The lowest BCUT2D eigenvalue weighted by Gasteiger charge is -2.20. The van der Waals surface area contributed by atoms with Crippen molar-refractivity contribution < 1.29 is 4.79 Å². The third-order valence-electron chi connectivity index (χ3n) is 2.10. The molecule has 19 heavy (non-hydrogen) atoms. The van der Waals surface area contributed by atoms with Gasteiger partial charge in [0.05, 0.1) is 16.6 Å². The standard InChI is InChI=1S/C12H18Cl2N4O/c1-12(2,3)18-9(19)6-16-11-8(14)5-7(13)10(15-4)17-11/h5H,6H2,1-4H3,(H,18,19)(H2,15,16,17). The monoisotopic (exact) mass is 304 g/mol. The molecular weight excluding hydrogens is 287 g/mol. The maximum Gasteiger partial charge on any atom is 0.239 e. The number of hydrogen-bond donors (Lipinski definition) is 3. The zero-order valence-corrected chi connectivity index (χ0v) is 12.9. The van der Waals surface area contributed by atoms with Gasteiger partial charge in [0.1, 0.15) is 11.6 Å². The Morgan fingerprint density at radius 1 is 1.26 bits per heavy atom. The molecule has 3 N–H and O–H groups in total. The molecular formula is C12H18Cl2N4O. The highest BCUT2D eigenvalue weighted by Gasteiger charge is 2.14. The fourth-order valence-corrected chi connectivity index (χ4v) is 1.91. The van der Waals surface area contributed by atoms with Gasteiger partial charge in [0.15, 0.2) is 0 Å². The van der Waals surface area contributed by atoms with Crippen LogP contribution in [-0.4, -0.2) is 30.0 Å². The van der Waals surface area contributed by atoms with Gasteiger partial charge in [-0.25, -0.2) is 4.98 Å². The number of carbonyl (C=O) groups excluding carboxylic acids is 1. The van der Waals surface area contributed by atoms with Crippen molar-refractivity contribution in [3.05, 3.63) is 16.1 Å². The Bertz CT molecular complexity index is 472. The lowest BCUT2D eigenvalue weighted by molar-refractivity contribution is -0.120. The summed E-state index contributed by atoms with van der Waals surface area (Å²) >= 11 is 11.9. The normalized spacial score (nSPS) is 11.1. The maximum absolute atomic E-state index is 11.7.